The molecule has 0 saturated carbocycles. The molecule has 1 aromatic carbocycles. The van der Waals surface area contributed by atoms with Crippen LogP contribution >= 0.6 is 11.8 Å². The molecule has 21 heavy (non-hydrogen) atoms. The Hall–Kier alpha value is -1.63. The number of hydrogen-bond acceptors (Lipinski definition) is 6. The predicted octanol–water partition coefficient (Wildman–Crippen LogP) is 2.41. The van der Waals surface area contributed by atoms with E-state index in [1.165, 1.54) is 6.92 Å². The van der Waals surface area contributed by atoms with Gasteiger partial charge in [0.05, 0.1) is 12.3 Å². The summed E-state index contributed by atoms with van der Waals surface area (Å²) in [5.74, 6) is 1.14. The van der Waals surface area contributed by atoms with Crippen molar-refractivity contribution in [1.29, 1.82) is 0 Å². The summed E-state index contributed by atoms with van der Waals surface area (Å²) in [4.78, 5) is 10.8. The normalized spacial score (nSPS) is 13.9. The molecule has 112 valence electrons. The summed E-state index contributed by atoms with van der Waals surface area (Å²) < 4.78 is 5.05. The number of aliphatic hydroxyl groups excluding tert-OH is 2. The van der Waals surface area contributed by atoms with Gasteiger partial charge in [-0.05, 0) is 12.0 Å². The molecular weight excluding hydrogens is 290 g/mol. The van der Waals surface area contributed by atoms with E-state index in [4.69, 9.17) is 4.52 Å². The second-order valence-electron chi connectivity index (χ2n) is 4.64. The maximum absolute atomic E-state index is 10.8. The molecule has 1 heterocycles. The van der Waals surface area contributed by atoms with Gasteiger partial charge in [-0.1, -0.05) is 41.2 Å². The third kappa shape index (κ3) is 4.42. The van der Waals surface area contributed by atoms with Crippen molar-refractivity contribution < 1.29 is 19.5 Å². The smallest absolute Gasteiger partial charge is 0.185 e. The Morgan fingerprint density at radius 2 is 2.00 bits per heavy atom. The van der Waals surface area contributed by atoms with Crippen LogP contribution in [0.4, 0.5) is 0 Å². The molecule has 0 aliphatic rings. The number of thioether (sulfide) groups is 1. The van der Waals surface area contributed by atoms with Crippen molar-refractivity contribution in [1.82, 2.24) is 5.16 Å². The number of benzene rings is 1. The Bertz CT molecular complexity index is 568. The number of rotatable bonds is 6. The van der Waals surface area contributed by atoms with Gasteiger partial charge >= 0.3 is 0 Å². The molecular formula is C15H17NO4S. The first-order valence-corrected chi connectivity index (χ1v) is 7.57. The molecule has 0 spiro atoms. The zero-order valence-corrected chi connectivity index (χ0v) is 12.4. The van der Waals surface area contributed by atoms with Gasteiger partial charge in [0.1, 0.15) is 6.10 Å². The van der Waals surface area contributed by atoms with Crippen LogP contribution in [0, 0.1) is 0 Å². The third-order valence-electron chi connectivity index (χ3n) is 3.06. The number of carbonyl (C=O) groups excluding carboxylic acids is 1. The molecule has 0 fully saturated rings. The molecule has 1 aromatic heterocycles. The van der Waals surface area contributed by atoms with Crippen LogP contribution in [0.2, 0.25) is 0 Å². The van der Waals surface area contributed by atoms with Crippen LogP contribution in [-0.4, -0.2) is 32.3 Å². The van der Waals surface area contributed by atoms with Crippen molar-refractivity contribution in [2.45, 2.75) is 25.6 Å². The highest BCUT2D eigenvalue weighted by Crippen LogP contribution is 2.24. The Kier molecular flexibility index (Phi) is 5.55. The van der Waals surface area contributed by atoms with E-state index in [-0.39, 0.29) is 5.12 Å². The van der Waals surface area contributed by atoms with E-state index in [0.717, 1.165) is 17.3 Å². The Balaban J connectivity index is 1.96. The minimum absolute atomic E-state index is 0.00750. The minimum Gasteiger partial charge on any atom is -0.390 e. The number of aliphatic hydroxyl groups is 2. The summed E-state index contributed by atoms with van der Waals surface area (Å²) >= 11 is 1.14. The van der Waals surface area contributed by atoms with E-state index >= 15 is 0 Å². The van der Waals surface area contributed by atoms with Gasteiger partial charge in [0.25, 0.3) is 0 Å². The molecule has 0 aliphatic carbocycles. The third-order valence-corrected chi connectivity index (χ3v) is 3.90. The molecule has 0 aliphatic heterocycles. The zero-order chi connectivity index (χ0) is 15.2. The van der Waals surface area contributed by atoms with Crippen LogP contribution in [0.1, 0.15) is 25.0 Å². The van der Waals surface area contributed by atoms with E-state index in [9.17, 15) is 15.0 Å². The number of aromatic nitrogens is 1. The maximum atomic E-state index is 10.8. The quantitative estimate of drug-likeness (QED) is 0.852. The van der Waals surface area contributed by atoms with Gasteiger partial charge in [0, 0.05) is 24.3 Å². The average Bonchev–Trinajstić information content (AvgIpc) is 3.00. The van der Waals surface area contributed by atoms with Gasteiger partial charge in [-0.25, -0.2) is 0 Å². The highest BCUT2D eigenvalue weighted by atomic mass is 32.2. The van der Waals surface area contributed by atoms with E-state index < -0.39 is 12.2 Å². The molecule has 6 heteroatoms. The van der Waals surface area contributed by atoms with Crippen molar-refractivity contribution in [3.05, 3.63) is 42.1 Å². The lowest BCUT2D eigenvalue weighted by molar-refractivity contribution is -0.109. The summed E-state index contributed by atoms with van der Waals surface area (Å²) in [6.45, 7) is 1.48. The molecule has 5 nitrogen and oxygen atoms in total. The molecule has 2 aromatic rings. The van der Waals surface area contributed by atoms with E-state index in [2.05, 4.69) is 5.16 Å². The first-order valence-electron chi connectivity index (χ1n) is 6.58. The Morgan fingerprint density at radius 3 is 2.57 bits per heavy atom. The fourth-order valence-electron chi connectivity index (χ4n) is 1.91. The first-order chi connectivity index (χ1) is 10.1. The van der Waals surface area contributed by atoms with Gasteiger partial charge in [0.2, 0.25) is 0 Å². The largest absolute Gasteiger partial charge is 0.390 e. The summed E-state index contributed by atoms with van der Waals surface area (Å²) in [5.41, 5.74) is 1.48. The van der Waals surface area contributed by atoms with Gasteiger partial charge < -0.3 is 14.7 Å². The van der Waals surface area contributed by atoms with E-state index in [1.54, 1.807) is 36.5 Å². The van der Waals surface area contributed by atoms with Gasteiger partial charge in [-0.15, -0.1) is 0 Å². The van der Waals surface area contributed by atoms with Crippen molar-refractivity contribution in [2.75, 3.05) is 5.75 Å². The Morgan fingerprint density at radius 1 is 1.29 bits per heavy atom. The van der Waals surface area contributed by atoms with Crippen LogP contribution in [0.5, 0.6) is 0 Å². The predicted molar refractivity (Wildman–Crippen MR) is 80.7 cm³/mol. The average molecular weight is 307 g/mol. The minimum atomic E-state index is -0.971. The van der Waals surface area contributed by atoms with Crippen molar-refractivity contribution in [3.63, 3.8) is 0 Å². The fourth-order valence-corrected chi connectivity index (χ4v) is 2.56. The van der Waals surface area contributed by atoms with E-state index in [1.807, 2.05) is 0 Å². The molecule has 2 atom stereocenters. The fraction of sp³-hybridized carbons (Fsp3) is 0.333. The zero-order valence-electron chi connectivity index (χ0n) is 11.6. The summed E-state index contributed by atoms with van der Waals surface area (Å²) in [7, 11) is 0. The van der Waals surface area contributed by atoms with Crippen molar-refractivity contribution in [3.8, 4) is 11.3 Å². The molecule has 0 bridgehead atoms. The lowest BCUT2D eigenvalue weighted by atomic mass is 10.0. The highest BCUT2D eigenvalue weighted by molar-refractivity contribution is 8.13. The van der Waals surface area contributed by atoms with Crippen LogP contribution in [-0.2, 0) is 4.79 Å². The van der Waals surface area contributed by atoms with Crippen molar-refractivity contribution in [2.24, 2.45) is 0 Å². The number of nitrogens with zero attached hydrogens (tertiary/aromatic N) is 1. The number of hydrogen-bond donors (Lipinski definition) is 2. The van der Waals surface area contributed by atoms with Crippen molar-refractivity contribution >= 4 is 16.9 Å². The topological polar surface area (TPSA) is 83.6 Å². The molecule has 2 N–H and O–H groups in total. The van der Waals surface area contributed by atoms with E-state index in [0.29, 0.717) is 23.5 Å². The second kappa shape index (κ2) is 7.40. The Labute approximate surface area is 127 Å². The van der Waals surface area contributed by atoms with Gasteiger partial charge in [-0.2, -0.15) is 0 Å². The molecule has 0 radical (unpaired) electrons. The summed E-state index contributed by atoms with van der Waals surface area (Å²) in [6.07, 6.45) is 0.0541. The summed E-state index contributed by atoms with van der Waals surface area (Å²) in [5, 5.41) is 23.7. The summed E-state index contributed by atoms with van der Waals surface area (Å²) in [6, 6.07) is 8.83. The van der Waals surface area contributed by atoms with Gasteiger partial charge in [-0.3, -0.25) is 4.79 Å². The molecule has 2 unspecified atom stereocenters. The van der Waals surface area contributed by atoms with Crippen LogP contribution in [0.15, 0.2) is 41.1 Å². The molecule has 2 rings (SSSR count). The number of carbonyl (C=O) groups is 1. The maximum Gasteiger partial charge on any atom is 0.185 e. The first kappa shape index (κ1) is 15.8. The van der Waals surface area contributed by atoms with Crippen LogP contribution in [0.25, 0.3) is 11.3 Å². The highest BCUT2D eigenvalue weighted by Gasteiger charge is 2.18. The lowest BCUT2D eigenvalue weighted by Crippen LogP contribution is -2.19. The molecule has 0 amide bonds. The second-order valence-corrected chi connectivity index (χ2v) is 5.91. The van der Waals surface area contributed by atoms with Crippen LogP contribution in [0.3, 0.4) is 0 Å². The SMILES string of the molecule is CC(=O)SCCC(O)C(O)c1ccc(-c2ccno2)cc1. The lowest BCUT2D eigenvalue weighted by Gasteiger charge is -2.18. The monoisotopic (exact) mass is 307 g/mol. The van der Waals surface area contributed by atoms with Crippen LogP contribution < -0.4 is 0 Å². The standard InChI is InChI=1S/C15H17NO4S/c1-10(17)21-9-7-13(18)15(19)12-4-2-11(3-5-12)14-6-8-16-20-14/h2-6,8,13,15,18-19H,7,9H2,1H3. The van der Waals surface area contributed by atoms with Gasteiger partial charge in [0.15, 0.2) is 10.9 Å². The molecule has 0 saturated heterocycles.